The molecule has 2 fully saturated rings. The first kappa shape index (κ1) is 19.7. The predicted molar refractivity (Wildman–Crippen MR) is 111 cm³/mol. The van der Waals surface area contributed by atoms with E-state index in [0.717, 1.165) is 56.0 Å². The lowest BCUT2D eigenvalue weighted by Gasteiger charge is -2.35. The van der Waals surface area contributed by atoms with Crippen LogP contribution in [0.3, 0.4) is 0 Å². The van der Waals surface area contributed by atoms with Crippen molar-refractivity contribution >= 4 is 28.4 Å². The smallest absolute Gasteiger partial charge is 0.253 e. The highest BCUT2D eigenvalue weighted by Gasteiger charge is 2.33. The standard InChI is InChI=1S/C22H29ClN2O3/c1-15-5-3-9-22(27,11-15)14-24-21(26)17-13-25(12-16-6-4-10-28-16)19-8-2-7-18(23)20(17)19/h2,7-8,13,15-16,27H,3-6,9-12,14H2,1H3,(H,24,26)/t15-,16?,22-/m1/s1. The van der Waals surface area contributed by atoms with Gasteiger partial charge in [0.05, 0.1) is 27.8 Å². The number of hydrogen-bond acceptors (Lipinski definition) is 3. The highest BCUT2D eigenvalue weighted by atomic mass is 35.5. The molecular weight excluding hydrogens is 376 g/mol. The molecule has 4 rings (SSSR count). The molecule has 6 heteroatoms. The number of halogens is 1. The van der Waals surface area contributed by atoms with Gasteiger partial charge in [-0.25, -0.2) is 0 Å². The lowest BCUT2D eigenvalue weighted by Crippen LogP contribution is -2.45. The first-order valence-electron chi connectivity index (χ1n) is 10.3. The van der Waals surface area contributed by atoms with Crippen molar-refractivity contribution < 1.29 is 14.6 Å². The molecule has 1 saturated carbocycles. The summed E-state index contributed by atoms with van der Waals surface area (Å²) in [5.74, 6) is 0.300. The SMILES string of the molecule is C[C@@H]1CCC[C@](O)(CNC(=O)c2cn(CC3CCCO3)c3cccc(Cl)c23)C1. The predicted octanol–water partition coefficient (Wildman–Crippen LogP) is 4.14. The summed E-state index contributed by atoms with van der Waals surface area (Å²) >= 11 is 6.46. The molecule has 3 atom stereocenters. The Morgan fingerprint density at radius 1 is 1.39 bits per heavy atom. The lowest BCUT2D eigenvalue weighted by atomic mass is 9.79. The van der Waals surface area contributed by atoms with Gasteiger partial charge in [-0.1, -0.05) is 37.4 Å². The fraction of sp³-hybridized carbons (Fsp3) is 0.591. The monoisotopic (exact) mass is 404 g/mol. The molecule has 0 bridgehead atoms. The van der Waals surface area contributed by atoms with Crippen LogP contribution in [-0.2, 0) is 11.3 Å². The number of nitrogens with zero attached hydrogens (tertiary/aromatic N) is 1. The van der Waals surface area contributed by atoms with Crippen molar-refractivity contribution in [2.24, 2.45) is 5.92 Å². The fourth-order valence-corrected chi connectivity index (χ4v) is 5.04. The molecule has 2 aromatic rings. The van der Waals surface area contributed by atoms with Crippen LogP contribution in [0.2, 0.25) is 5.02 Å². The lowest BCUT2D eigenvalue weighted by molar-refractivity contribution is -0.0109. The molecule has 1 amide bonds. The quantitative estimate of drug-likeness (QED) is 0.787. The summed E-state index contributed by atoms with van der Waals surface area (Å²) in [4.78, 5) is 13.0. The Balaban J connectivity index is 1.56. The summed E-state index contributed by atoms with van der Waals surface area (Å²) < 4.78 is 7.84. The number of aromatic nitrogens is 1. The minimum Gasteiger partial charge on any atom is -0.388 e. The molecule has 0 radical (unpaired) electrons. The molecule has 1 aliphatic carbocycles. The second kappa shape index (κ2) is 8.05. The molecule has 28 heavy (non-hydrogen) atoms. The minimum atomic E-state index is -0.812. The zero-order valence-electron chi connectivity index (χ0n) is 16.4. The average Bonchev–Trinajstić information content (AvgIpc) is 3.29. The van der Waals surface area contributed by atoms with Crippen molar-refractivity contribution in [1.29, 1.82) is 0 Å². The molecule has 1 aromatic heterocycles. The van der Waals surface area contributed by atoms with Crippen molar-refractivity contribution in [1.82, 2.24) is 9.88 Å². The molecule has 1 aromatic carbocycles. The van der Waals surface area contributed by atoms with E-state index in [1.54, 1.807) is 0 Å². The molecule has 1 aliphatic heterocycles. The van der Waals surface area contributed by atoms with Gasteiger partial charge >= 0.3 is 0 Å². The minimum absolute atomic E-state index is 0.176. The first-order valence-corrected chi connectivity index (χ1v) is 10.7. The van der Waals surface area contributed by atoms with Gasteiger partial charge in [-0.3, -0.25) is 4.79 Å². The van der Waals surface area contributed by atoms with Gasteiger partial charge in [0.1, 0.15) is 0 Å². The van der Waals surface area contributed by atoms with Crippen molar-refractivity contribution in [2.75, 3.05) is 13.2 Å². The summed E-state index contributed by atoms with van der Waals surface area (Å²) in [6.45, 7) is 3.95. The number of hydrogen-bond donors (Lipinski definition) is 2. The van der Waals surface area contributed by atoms with Crippen LogP contribution in [0.25, 0.3) is 10.9 Å². The van der Waals surface area contributed by atoms with Gasteiger partial charge in [-0.15, -0.1) is 0 Å². The van der Waals surface area contributed by atoms with Crippen molar-refractivity contribution in [3.05, 3.63) is 35.0 Å². The van der Waals surface area contributed by atoms with E-state index in [9.17, 15) is 9.90 Å². The van der Waals surface area contributed by atoms with E-state index in [0.29, 0.717) is 23.0 Å². The Bertz CT molecular complexity index is 859. The van der Waals surface area contributed by atoms with Crippen LogP contribution in [-0.4, -0.2) is 40.4 Å². The number of carbonyl (C=O) groups excluding carboxylic acids is 1. The van der Waals surface area contributed by atoms with Crippen LogP contribution >= 0.6 is 11.6 Å². The van der Waals surface area contributed by atoms with Crippen LogP contribution in [0, 0.1) is 5.92 Å². The average molecular weight is 405 g/mol. The second-order valence-corrected chi connectivity index (χ2v) is 8.98. The number of amides is 1. The van der Waals surface area contributed by atoms with Crippen molar-refractivity contribution in [3.63, 3.8) is 0 Å². The Morgan fingerprint density at radius 2 is 2.25 bits per heavy atom. The van der Waals surface area contributed by atoms with Gasteiger partial charge in [0.25, 0.3) is 5.91 Å². The zero-order valence-corrected chi connectivity index (χ0v) is 17.2. The van der Waals surface area contributed by atoms with Crippen LogP contribution in [0.15, 0.2) is 24.4 Å². The maximum atomic E-state index is 13.0. The van der Waals surface area contributed by atoms with Crippen LogP contribution in [0.1, 0.15) is 55.8 Å². The molecule has 2 N–H and O–H groups in total. The molecule has 2 aliphatic rings. The fourth-order valence-electron chi connectivity index (χ4n) is 4.77. The summed E-state index contributed by atoms with van der Waals surface area (Å²) in [7, 11) is 0. The largest absolute Gasteiger partial charge is 0.388 e. The number of ether oxygens (including phenoxy) is 1. The number of nitrogens with one attached hydrogen (secondary N) is 1. The second-order valence-electron chi connectivity index (χ2n) is 8.57. The first-order chi connectivity index (χ1) is 13.5. The molecule has 2 heterocycles. The van der Waals surface area contributed by atoms with E-state index in [4.69, 9.17) is 16.3 Å². The Kier molecular flexibility index (Phi) is 5.68. The molecule has 152 valence electrons. The van der Waals surface area contributed by atoms with Gasteiger partial charge in [0.2, 0.25) is 0 Å². The topological polar surface area (TPSA) is 63.5 Å². The molecule has 1 unspecified atom stereocenters. The van der Waals surface area contributed by atoms with Crippen molar-refractivity contribution in [3.8, 4) is 0 Å². The zero-order chi connectivity index (χ0) is 19.7. The summed E-state index contributed by atoms with van der Waals surface area (Å²) in [5.41, 5.74) is 0.692. The van der Waals surface area contributed by atoms with Crippen LogP contribution in [0.4, 0.5) is 0 Å². The summed E-state index contributed by atoms with van der Waals surface area (Å²) in [5, 5.41) is 15.1. The van der Waals surface area contributed by atoms with E-state index in [2.05, 4.69) is 16.8 Å². The molecule has 1 saturated heterocycles. The molecular formula is C22H29ClN2O3. The molecule has 5 nitrogen and oxygen atoms in total. The maximum absolute atomic E-state index is 13.0. The number of rotatable bonds is 5. The van der Waals surface area contributed by atoms with Crippen molar-refractivity contribution in [2.45, 2.75) is 63.7 Å². The Morgan fingerprint density at radius 3 is 3.00 bits per heavy atom. The highest BCUT2D eigenvalue weighted by Crippen LogP contribution is 2.33. The van der Waals surface area contributed by atoms with Crippen LogP contribution < -0.4 is 5.32 Å². The third kappa shape index (κ3) is 4.07. The normalized spacial score (nSPS) is 28.0. The Hall–Kier alpha value is -1.56. The maximum Gasteiger partial charge on any atom is 0.253 e. The van der Waals surface area contributed by atoms with Gasteiger partial charge in [-0.05, 0) is 43.7 Å². The number of benzene rings is 1. The van der Waals surface area contributed by atoms with E-state index in [1.807, 2.05) is 24.4 Å². The molecule has 0 spiro atoms. The Labute approximate surface area is 171 Å². The van der Waals surface area contributed by atoms with Gasteiger partial charge in [0, 0.05) is 31.3 Å². The highest BCUT2D eigenvalue weighted by molar-refractivity contribution is 6.36. The van der Waals surface area contributed by atoms with E-state index >= 15 is 0 Å². The third-order valence-electron chi connectivity index (χ3n) is 6.17. The van der Waals surface area contributed by atoms with E-state index in [1.165, 1.54) is 0 Å². The van der Waals surface area contributed by atoms with Gasteiger partial charge in [-0.2, -0.15) is 0 Å². The van der Waals surface area contributed by atoms with E-state index in [-0.39, 0.29) is 18.6 Å². The number of carbonyl (C=O) groups is 1. The van der Waals surface area contributed by atoms with Gasteiger partial charge < -0.3 is 19.7 Å². The third-order valence-corrected chi connectivity index (χ3v) is 6.48. The number of fused-ring (bicyclic) bond motifs is 1. The van der Waals surface area contributed by atoms with Crippen LogP contribution in [0.5, 0.6) is 0 Å². The number of aliphatic hydroxyl groups is 1. The summed E-state index contributed by atoms with van der Waals surface area (Å²) in [6.07, 6.45) is 7.77. The summed E-state index contributed by atoms with van der Waals surface area (Å²) in [6, 6.07) is 5.71. The van der Waals surface area contributed by atoms with E-state index < -0.39 is 5.60 Å². The van der Waals surface area contributed by atoms with Gasteiger partial charge in [0.15, 0.2) is 0 Å².